The van der Waals surface area contributed by atoms with Gasteiger partial charge in [-0.15, -0.1) is 0 Å². The van der Waals surface area contributed by atoms with Crippen molar-refractivity contribution in [3.05, 3.63) is 76.7 Å². The Balaban J connectivity index is 1.54. The van der Waals surface area contributed by atoms with E-state index >= 15 is 0 Å². The summed E-state index contributed by atoms with van der Waals surface area (Å²) in [5.74, 6) is 1.10. The fourth-order valence-corrected chi connectivity index (χ4v) is 4.27. The first-order chi connectivity index (χ1) is 15.1. The maximum absolute atomic E-state index is 12.9. The molecule has 0 radical (unpaired) electrons. The van der Waals surface area contributed by atoms with Crippen LogP contribution in [0, 0.1) is 6.92 Å². The van der Waals surface area contributed by atoms with Gasteiger partial charge in [-0.3, -0.25) is 14.5 Å². The molecule has 0 N–H and O–H groups in total. The summed E-state index contributed by atoms with van der Waals surface area (Å²) in [5.41, 5.74) is 1.95. The molecule has 3 aromatic carbocycles. The molecule has 1 saturated heterocycles. The van der Waals surface area contributed by atoms with E-state index in [0.29, 0.717) is 23.0 Å². The Labute approximate surface area is 185 Å². The van der Waals surface area contributed by atoms with Crippen LogP contribution in [0.15, 0.2) is 65.6 Å². The number of nitrogens with zero attached hydrogens (tertiary/aromatic N) is 1. The summed E-state index contributed by atoms with van der Waals surface area (Å²) in [5, 5.41) is 1.73. The third-order valence-corrected chi connectivity index (χ3v) is 5.89. The predicted molar refractivity (Wildman–Crippen MR) is 124 cm³/mol. The monoisotopic (exact) mass is 433 g/mol. The van der Waals surface area contributed by atoms with E-state index in [0.717, 1.165) is 33.7 Å². The molecule has 31 heavy (non-hydrogen) atoms. The van der Waals surface area contributed by atoms with E-state index in [9.17, 15) is 9.59 Å². The van der Waals surface area contributed by atoms with E-state index < -0.39 is 0 Å². The molecule has 0 atom stereocenters. The van der Waals surface area contributed by atoms with Gasteiger partial charge in [-0.05, 0) is 60.7 Å². The van der Waals surface area contributed by atoms with Crippen molar-refractivity contribution in [2.24, 2.45) is 0 Å². The van der Waals surface area contributed by atoms with Gasteiger partial charge in [0.25, 0.3) is 11.1 Å². The summed E-state index contributed by atoms with van der Waals surface area (Å²) in [6, 6.07) is 19.5. The van der Waals surface area contributed by atoms with E-state index in [4.69, 9.17) is 9.47 Å². The van der Waals surface area contributed by atoms with Crippen LogP contribution in [0.25, 0.3) is 16.8 Å². The first kappa shape index (κ1) is 21.0. The van der Waals surface area contributed by atoms with Crippen molar-refractivity contribution >= 4 is 39.8 Å². The topological polar surface area (TPSA) is 55.8 Å². The average Bonchev–Trinajstić information content (AvgIpc) is 3.04. The van der Waals surface area contributed by atoms with Crippen LogP contribution < -0.4 is 9.47 Å². The quantitative estimate of drug-likeness (QED) is 0.450. The molecule has 1 heterocycles. The van der Waals surface area contributed by atoms with Crippen molar-refractivity contribution in [2.75, 3.05) is 19.8 Å². The highest BCUT2D eigenvalue weighted by molar-refractivity contribution is 8.18. The normalized spacial score (nSPS) is 15.2. The lowest BCUT2D eigenvalue weighted by atomic mass is 10.0. The fourth-order valence-electron chi connectivity index (χ4n) is 3.42. The van der Waals surface area contributed by atoms with Crippen LogP contribution >= 0.6 is 11.8 Å². The number of ether oxygens (including phenoxy) is 2. The number of carbonyl (C=O) groups is 2. The summed E-state index contributed by atoms with van der Waals surface area (Å²) < 4.78 is 11.5. The molecule has 0 bridgehead atoms. The highest BCUT2D eigenvalue weighted by Gasteiger charge is 2.35. The minimum atomic E-state index is -0.308. The summed E-state index contributed by atoms with van der Waals surface area (Å²) in [4.78, 5) is 27.0. The van der Waals surface area contributed by atoms with Crippen LogP contribution in [-0.2, 0) is 4.79 Å². The van der Waals surface area contributed by atoms with Gasteiger partial charge in [0, 0.05) is 5.56 Å². The SMILES string of the molecule is CCOc1ccc2ccccc2c1/C=C1\SC(=O)N(CCOc2ccc(C)cc2)C1=O. The maximum atomic E-state index is 12.9. The number of imide groups is 1. The molecule has 4 rings (SSSR count). The third kappa shape index (κ3) is 4.59. The van der Waals surface area contributed by atoms with E-state index in [1.54, 1.807) is 6.08 Å². The standard InChI is InChI=1S/C25H23NO4S/c1-3-29-22-13-10-18-6-4-5-7-20(18)21(22)16-23-24(27)26(25(28)31-23)14-15-30-19-11-8-17(2)9-12-19/h4-13,16H,3,14-15H2,1-2H3/b23-16-. The molecule has 6 heteroatoms. The summed E-state index contributed by atoms with van der Waals surface area (Å²) in [6.07, 6.45) is 1.76. The van der Waals surface area contributed by atoms with Crippen molar-refractivity contribution < 1.29 is 19.1 Å². The van der Waals surface area contributed by atoms with E-state index in [2.05, 4.69) is 0 Å². The van der Waals surface area contributed by atoms with Crippen LogP contribution in [0.2, 0.25) is 0 Å². The van der Waals surface area contributed by atoms with Crippen molar-refractivity contribution in [3.8, 4) is 11.5 Å². The Bertz CT molecular complexity index is 1150. The second-order valence-corrected chi connectivity index (χ2v) is 8.12. The highest BCUT2D eigenvalue weighted by Crippen LogP contribution is 2.36. The lowest BCUT2D eigenvalue weighted by Gasteiger charge is -2.13. The zero-order valence-corrected chi connectivity index (χ0v) is 18.3. The Kier molecular flexibility index (Phi) is 6.28. The number of hydrogen-bond acceptors (Lipinski definition) is 5. The molecule has 0 saturated carbocycles. The van der Waals surface area contributed by atoms with Gasteiger partial charge in [0.2, 0.25) is 0 Å². The van der Waals surface area contributed by atoms with Gasteiger partial charge < -0.3 is 9.47 Å². The highest BCUT2D eigenvalue weighted by atomic mass is 32.2. The number of aryl methyl sites for hydroxylation is 1. The zero-order valence-electron chi connectivity index (χ0n) is 17.5. The first-order valence-electron chi connectivity index (χ1n) is 10.2. The lowest BCUT2D eigenvalue weighted by molar-refractivity contribution is -0.123. The van der Waals surface area contributed by atoms with Gasteiger partial charge in [-0.2, -0.15) is 0 Å². The minimum absolute atomic E-state index is 0.198. The molecule has 158 valence electrons. The Morgan fingerprint density at radius 3 is 2.52 bits per heavy atom. The second-order valence-electron chi connectivity index (χ2n) is 7.13. The molecular formula is C25H23NO4S. The molecular weight excluding hydrogens is 410 g/mol. The van der Waals surface area contributed by atoms with Crippen molar-refractivity contribution in [2.45, 2.75) is 13.8 Å². The molecule has 1 aliphatic heterocycles. The smallest absolute Gasteiger partial charge is 0.293 e. The Morgan fingerprint density at radius 2 is 1.74 bits per heavy atom. The summed E-state index contributed by atoms with van der Waals surface area (Å²) in [6.45, 7) is 4.87. The van der Waals surface area contributed by atoms with Gasteiger partial charge in [0.1, 0.15) is 18.1 Å². The number of hydrogen-bond donors (Lipinski definition) is 0. The van der Waals surface area contributed by atoms with Crippen LogP contribution in [0.5, 0.6) is 11.5 Å². The molecule has 0 unspecified atom stereocenters. The first-order valence-corrected chi connectivity index (χ1v) is 11.0. The molecule has 1 aliphatic rings. The molecule has 3 aromatic rings. The summed E-state index contributed by atoms with van der Waals surface area (Å²) in [7, 11) is 0. The lowest BCUT2D eigenvalue weighted by Crippen LogP contribution is -2.32. The maximum Gasteiger partial charge on any atom is 0.293 e. The molecule has 0 aromatic heterocycles. The molecule has 1 fully saturated rings. The largest absolute Gasteiger partial charge is 0.493 e. The van der Waals surface area contributed by atoms with Gasteiger partial charge in [-0.1, -0.05) is 48.0 Å². The predicted octanol–water partition coefficient (Wildman–Crippen LogP) is 5.66. The van der Waals surface area contributed by atoms with Gasteiger partial charge >= 0.3 is 0 Å². The number of benzene rings is 3. The molecule has 0 aliphatic carbocycles. The van der Waals surface area contributed by atoms with E-state index in [1.807, 2.05) is 74.5 Å². The fraction of sp³-hybridized carbons (Fsp3) is 0.200. The number of rotatable bonds is 7. The zero-order chi connectivity index (χ0) is 21.8. The van der Waals surface area contributed by atoms with Crippen LogP contribution in [0.4, 0.5) is 4.79 Å². The second kappa shape index (κ2) is 9.27. The number of fused-ring (bicyclic) bond motifs is 1. The van der Waals surface area contributed by atoms with Crippen molar-refractivity contribution in [1.82, 2.24) is 4.90 Å². The Hall–Kier alpha value is -3.25. The van der Waals surface area contributed by atoms with E-state index in [-0.39, 0.29) is 24.3 Å². The number of carbonyl (C=O) groups excluding carboxylic acids is 2. The van der Waals surface area contributed by atoms with Gasteiger partial charge in [-0.25, -0.2) is 0 Å². The third-order valence-electron chi connectivity index (χ3n) is 4.98. The minimum Gasteiger partial charge on any atom is -0.493 e. The van der Waals surface area contributed by atoms with Crippen LogP contribution in [0.3, 0.4) is 0 Å². The molecule has 2 amide bonds. The van der Waals surface area contributed by atoms with Crippen molar-refractivity contribution in [1.29, 1.82) is 0 Å². The number of amides is 2. The van der Waals surface area contributed by atoms with Gasteiger partial charge in [0.15, 0.2) is 0 Å². The average molecular weight is 434 g/mol. The molecule has 0 spiro atoms. The number of thioether (sulfide) groups is 1. The molecule has 5 nitrogen and oxygen atoms in total. The Morgan fingerprint density at radius 1 is 0.968 bits per heavy atom. The van der Waals surface area contributed by atoms with Crippen LogP contribution in [0.1, 0.15) is 18.1 Å². The van der Waals surface area contributed by atoms with E-state index in [1.165, 1.54) is 4.90 Å². The van der Waals surface area contributed by atoms with Crippen LogP contribution in [-0.4, -0.2) is 35.8 Å². The summed E-state index contributed by atoms with van der Waals surface area (Å²) >= 11 is 0.948. The van der Waals surface area contributed by atoms with Gasteiger partial charge in [0.05, 0.1) is 18.1 Å². The van der Waals surface area contributed by atoms with Crippen molar-refractivity contribution in [3.63, 3.8) is 0 Å².